The monoisotopic (exact) mass is 708 g/mol. The molecule has 0 saturated heterocycles. The van der Waals surface area contributed by atoms with Crippen molar-refractivity contribution in [2.24, 2.45) is 0 Å². The summed E-state index contributed by atoms with van der Waals surface area (Å²) in [4.78, 5) is 4.84. The molecule has 0 fully saturated rings. The van der Waals surface area contributed by atoms with Gasteiger partial charge in [0.1, 0.15) is 0 Å². The number of anilines is 6. The number of ether oxygens (including phenoxy) is 1. The third-order valence-corrected chi connectivity index (χ3v) is 12.4. The number of benzene rings is 8. The Labute approximate surface area is 322 Å². The average molecular weight is 709 g/mol. The normalized spacial score (nSPS) is 14.9. The first-order valence-corrected chi connectivity index (χ1v) is 19.3. The second kappa shape index (κ2) is 11.5. The van der Waals surface area contributed by atoms with Crippen molar-refractivity contribution >= 4 is 44.9 Å². The topological polar surface area (TPSA) is 15.7 Å². The van der Waals surface area contributed by atoms with Gasteiger partial charge in [-0.15, -0.1) is 0 Å². The highest BCUT2D eigenvalue weighted by Gasteiger charge is 2.43. The van der Waals surface area contributed by atoms with Gasteiger partial charge in [0.25, 0.3) is 0 Å². The molecule has 0 spiro atoms. The van der Waals surface area contributed by atoms with Crippen LogP contribution in [-0.2, 0) is 10.8 Å². The maximum Gasteiger partial charge on any atom is 0.159 e. The van der Waals surface area contributed by atoms with Crippen LogP contribution in [0.4, 0.5) is 34.1 Å². The molecule has 0 radical (unpaired) electrons. The summed E-state index contributed by atoms with van der Waals surface area (Å²) in [5.41, 5.74) is 16.7. The van der Waals surface area contributed by atoms with Gasteiger partial charge in [0.05, 0.1) is 17.1 Å². The van der Waals surface area contributed by atoms with Gasteiger partial charge >= 0.3 is 0 Å². The Bertz CT molecular complexity index is 2850. The highest BCUT2D eigenvalue weighted by molar-refractivity contribution is 6.07. The molecule has 0 unspecified atom stereocenters. The van der Waals surface area contributed by atoms with Gasteiger partial charge in [0.2, 0.25) is 0 Å². The molecule has 3 heteroatoms. The van der Waals surface area contributed by atoms with E-state index in [0.717, 1.165) is 51.1 Å². The van der Waals surface area contributed by atoms with E-state index in [2.05, 4.69) is 207 Å². The van der Waals surface area contributed by atoms with Crippen molar-refractivity contribution in [2.75, 3.05) is 9.80 Å². The fourth-order valence-electron chi connectivity index (χ4n) is 9.63. The van der Waals surface area contributed by atoms with Crippen molar-refractivity contribution in [2.45, 2.75) is 38.5 Å². The summed E-state index contributed by atoms with van der Waals surface area (Å²) in [6.45, 7) is 9.36. The standard InChI is InChI=1S/C52H40N2O/c1-51(2)42-19-11-10-18-40(42)41-28-27-37(32-45(41)51)53(35-15-6-5-7-16-35)36-25-22-34(23-26-36)39-29-30-44-49-50(39)55-47-31-24-33-14-8-9-17-38(33)48(47)54(49)46-21-13-12-20-43(46)52(44,3)4/h5-32H,1-4H3. The van der Waals surface area contributed by atoms with E-state index in [1.807, 2.05) is 0 Å². The van der Waals surface area contributed by atoms with E-state index in [9.17, 15) is 0 Å². The van der Waals surface area contributed by atoms with Crippen molar-refractivity contribution in [1.82, 2.24) is 0 Å². The van der Waals surface area contributed by atoms with Crippen LogP contribution in [0, 0.1) is 0 Å². The number of hydrogen-bond donors (Lipinski definition) is 0. The van der Waals surface area contributed by atoms with Crippen LogP contribution < -0.4 is 14.5 Å². The molecule has 8 aromatic rings. The Kier molecular flexibility index (Phi) is 6.65. The quantitative estimate of drug-likeness (QED) is 0.181. The highest BCUT2D eigenvalue weighted by atomic mass is 16.5. The molecule has 0 aromatic heterocycles. The Balaban J connectivity index is 1.06. The van der Waals surface area contributed by atoms with Crippen LogP contribution in [0.3, 0.4) is 0 Å². The lowest BCUT2D eigenvalue weighted by atomic mass is 9.72. The lowest BCUT2D eigenvalue weighted by molar-refractivity contribution is 0.474. The Morgan fingerprint density at radius 1 is 0.455 bits per heavy atom. The molecule has 264 valence electrons. The smallest absolute Gasteiger partial charge is 0.159 e. The molecule has 0 atom stereocenters. The fraction of sp³-hybridized carbons (Fsp3) is 0.115. The van der Waals surface area contributed by atoms with Crippen molar-refractivity contribution in [3.05, 3.63) is 192 Å². The van der Waals surface area contributed by atoms with Crippen LogP contribution in [0.2, 0.25) is 0 Å². The number of hydrogen-bond acceptors (Lipinski definition) is 3. The van der Waals surface area contributed by atoms with Gasteiger partial charge in [0, 0.05) is 38.8 Å². The Morgan fingerprint density at radius 2 is 1.09 bits per heavy atom. The minimum atomic E-state index is -0.215. The fourth-order valence-corrected chi connectivity index (χ4v) is 9.63. The summed E-state index contributed by atoms with van der Waals surface area (Å²) in [7, 11) is 0. The minimum Gasteiger partial charge on any atom is -0.452 e. The molecule has 55 heavy (non-hydrogen) atoms. The molecule has 11 rings (SSSR count). The van der Waals surface area contributed by atoms with Gasteiger partial charge in [-0.25, -0.2) is 0 Å². The lowest BCUT2D eigenvalue weighted by Crippen LogP contribution is -2.32. The van der Waals surface area contributed by atoms with E-state index in [0.29, 0.717) is 0 Å². The highest BCUT2D eigenvalue weighted by Crippen LogP contribution is 2.63. The van der Waals surface area contributed by atoms with E-state index in [4.69, 9.17) is 4.74 Å². The number of nitrogens with zero attached hydrogens (tertiary/aromatic N) is 2. The lowest BCUT2D eigenvalue weighted by Gasteiger charge is -2.45. The Hall–Kier alpha value is -6.58. The number of fused-ring (bicyclic) bond motifs is 9. The third kappa shape index (κ3) is 4.50. The summed E-state index contributed by atoms with van der Waals surface area (Å²) in [5, 5.41) is 2.38. The van der Waals surface area contributed by atoms with E-state index in [1.165, 1.54) is 49.8 Å². The summed E-state index contributed by atoms with van der Waals surface area (Å²) in [6, 6.07) is 61.9. The largest absolute Gasteiger partial charge is 0.452 e. The Morgan fingerprint density at radius 3 is 1.93 bits per heavy atom. The second-order valence-corrected chi connectivity index (χ2v) is 16.2. The van der Waals surface area contributed by atoms with Gasteiger partial charge in [-0.1, -0.05) is 149 Å². The van der Waals surface area contributed by atoms with Crippen molar-refractivity contribution in [3.63, 3.8) is 0 Å². The first-order chi connectivity index (χ1) is 26.8. The maximum absolute atomic E-state index is 7.08. The molecule has 2 heterocycles. The molecule has 8 aromatic carbocycles. The summed E-state index contributed by atoms with van der Waals surface area (Å²) < 4.78 is 7.08. The zero-order chi connectivity index (χ0) is 37.1. The van der Waals surface area contributed by atoms with E-state index < -0.39 is 0 Å². The zero-order valence-corrected chi connectivity index (χ0v) is 31.5. The van der Waals surface area contributed by atoms with Gasteiger partial charge in [-0.3, -0.25) is 0 Å². The van der Waals surface area contributed by atoms with Crippen LogP contribution in [-0.4, -0.2) is 0 Å². The van der Waals surface area contributed by atoms with Crippen molar-refractivity contribution in [3.8, 4) is 33.8 Å². The molecule has 0 bridgehead atoms. The van der Waals surface area contributed by atoms with E-state index >= 15 is 0 Å². The third-order valence-electron chi connectivity index (χ3n) is 12.4. The summed E-state index contributed by atoms with van der Waals surface area (Å²) in [5.74, 6) is 1.77. The molecule has 2 aliphatic heterocycles. The summed E-state index contributed by atoms with van der Waals surface area (Å²) in [6.07, 6.45) is 0. The van der Waals surface area contributed by atoms with E-state index in [-0.39, 0.29) is 10.8 Å². The number of rotatable bonds is 4. The predicted molar refractivity (Wildman–Crippen MR) is 229 cm³/mol. The molecule has 1 aliphatic carbocycles. The first-order valence-electron chi connectivity index (χ1n) is 19.3. The molecule has 0 amide bonds. The van der Waals surface area contributed by atoms with Crippen LogP contribution in [0.5, 0.6) is 11.5 Å². The van der Waals surface area contributed by atoms with Gasteiger partial charge in [-0.2, -0.15) is 0 Å². The maximum atomic E-state index is 7.08. The SMILES string of the molecule is CC1(C)c2ccccc2-c2ccc(N(c3ccccc3)c3ccc(-c4ccc5c6c4Oc4ccc7ccccc7c4N6c4ccccc4C5(C)C)cc3)cc21. The van der Waals surface area contributed by atoms with Crippen LogP contribution in [0.1, 0.15) is 49.9 Å². The van der Waals surface area contributed by atoms with Crippen LogP contribution >= 0.6 is 0 Å². The molecule has 0 saturated carbocycles. The molecule has 0 N–H and O–H groups in total. The van der Waals surface area contributed by atoms with Crippen LogP contribution in [0.25, 0.3) is 33.0 Å². The van der Waals surface area contributed by atoms with Gasteiger partial charge in [0.15, 0.2) is 11.5 Å². The summed E-state index contributed by atoms with van der Waals surface area (Å²) >= 11 is 0. The molecule has 3 aliphatic rings. The minimum absolute atomic E-state index is 0.0874. The zero-order valence-electron chi connectivity index (χ0n) is 31.5. The van der Waals surface area contributed by atoms with E-state index in [1.54, 1.807) is 0 Å². The van der Waals surface area contributed by atoms with Gasteiger partial charge < -0.3 is 14.5 Å². The van der Waals surface area contributed by atoms with Crippen molar-refractivity contribution < 1.29 is 4.74 Å². The molecular formula is C52H40N2O. The predicted octanol–water partition coefficient (Wildman–Crippen LogP) is 14.5. The molecular weight excluding hydrogens is 669 g/mol. The number of para-hydroxylation sites is 2. The van der Waals surface area contributed by atoms with Crippen LogP contribution in [0.15, 0.2) is 170 Å². The van der Waals surface area contributed by atoms with Crippen molar-refractivity contribution in [1.29, 1.82) is 0 Å². The van der Waals surface area contributed by atoms with Gasteiger partial charge in [-0.05, 0) is 92.9 Å². The first kappa shape index (κ1) is 31.9. The molecule has 3 nitrogen and oxygen atoms in total. The average Bonchev–Trinajstić information content (AvgIpc) is 3.45. The second-order valence-electron chi connectivity index (χ2n) is 16.2.